The molecule has 0 aromatic carbocycles. The molecule has 0 saturated carbocycles. The zero-order chi connectivity index (χ0) is 11.1. The predicted octanol–water partition coefficient (Wildman–Crippen LogP) is 0.491. The molecule has 0 amide bonds. The summed E-state index contributed by atoms with van der Waals surface area (Å²) in [7, 11) is 2.15. The van der Waals surface area contributed by atoms with Gasteiger partial charge in [0.05, 0.1) is 6.04 Å². The monoisotopic (exact) mass is 221 g/mol. The predicted molar refractivity (Wildman–Crippen MR) is 61.0 cm³/mol. The molecule has 88 valence electrons. The second kappa shape index (κ2) is 3.82. The van der Waals surface area contributed by atoms with Gasteiger partial charge in [0.1, 0.15) is 5.82 Å². The Morgan fingerprint density at radius 3 is 2.88 bits per heavy atom. The molecule has 2 aliphatic heterocycles. The Bertz CT molecular complexity index is 386. The van der Waals surface area contributed by atoms with E-state index in [4.69, 9.17) is 5.73 Å². The molecule has 2 unspecified atom stereocenters. The summed E-state index contributed by atoms with van der Waals surface area (Å²) < 4.78 is 2.02. The first-order valence-electron chi connectivity index (χ1n) is 6.13. The van der Waals surface area contributed by atoms with Crippen molar-refractivity contribution in [3.05, 3.63) is 11.6 Å². The zero-order valence-corrected chi connectivity index (χ0v) is 9.76. The molecule has 0 aliphatic carbocycles. The van der Waals surface area contributed by atoms with Crippen LogP contribution in [0.3, 0.4) is 0 Å². The molecule has 3 heterocycles. The summed E-state index contributed by atoms with van der Waals surface area (Å²) in [5.41, 5.74) is 6.05. The summed E-state index contributed by atoms with van der Waals surface area (Å²) in [6.07, 6.45) is 3.35. The van der Waals surface area contributed by atoms with Crippen LogP contribution in [0.5, 0.6) is 0 Å². The Hall–Kier alpha value is -0.940. The normalized spacial score (nSPS) is 30.6. The fraction of sp³-hybridized carbons (Fsp3) is 0.818. The van der Waals surface area contributed by atoms with E-state index in [1.165, 1.54) is 6.42 Å². The van der Waals surface area contributed by atoms with E-state index in [9.17, 15) is 0 Å². The van der Waals surface area contributed by atoms with Crippen molar-refractivity contribution >= 4 is 0 Å². The van der Waals surface area contributed by atoms with Gasteiger partial charge in [0.2, 0.25) is 0 Å². The molecule has 2 aliphatic rings. The maximum absolute atomic E-state index is 6.05. The van der Waals surface area contributed by atoms with Gasteiger partial charge in [-0.2, -0.15) is 5.10 Å². The number of aromatic nitrogens is 3. The van der Waals surface area contributed by atoms with Crippen molar-refractivity contribution in [1.29, 1.82) is 0 Å². The molecule has 16 heavy (non-hydrogen) atoms. The number of rotatable bonds is 1. The Morgan fingerprint density at radius 2 is 2.19 bits per heavy atom. The third-order valence-electron chi connectivity index (χ3n) is 3.69. The maximum Gasteiger partial charge on any atom is 0.155 e. The van der Waals surface area contributed by atoms with Gasteiger partial charge in [-0.3, -0.25) is 0 Å². The molecule has 1 aromatic heterocycles. The highest BCUT2D eigenvalue weighted by molar-refractivity contribution is 5.06. The molecular weight excluding hydrogens is 202 g/mol. The molecule has 2 atom stereocenters. The standard InChI is InChI=1S/C11H19N5/c1-15-6-4-8(7-15)10-13-11-9(12)3-2-5-16(11)14-10/h8-9H,2-7,12H2,1H3. The van der Waals surface area contributed by atoms with E-state index < -0.39 is 0 Å². The molecule has 5 heteroatoms. The van der Waals surface area contributed by atoms with Crippen molar-refractivity contribution in [2.75, 3.05) is 20.1 Å². The van der Waals surface area contributed by atoms with Gasteiger partial charge in [-0.05, 0) is 32.9 Å². The molecule has 0 radical (unpaired) electrons. The van der Waals surface area contributed by atoms with Crippen LogP contribution in [-0.2, 0) is 6.54 Å². The first kappa shape index (κ1) is 10.2. The van der Waals surface area contributed by atoms with E-state index >= 15 is 0 Å². The number of nitrogens with two attached hydrogens (primary N) is 1. The molecule has 1 saturated heterocycles. The quantitative estimate of drug-likeness (QED) is 0.750. The van der Waals surface area contributed by atoms with Gasteiger partial charge >= 0.3 is 0 Å². The number of hydrogen-bond donors (Lipinski definition) is 1. The van der Waals surface area contributed by atoms with Gasteiger partial charge < -0.3 is 10.6 Å². The van der Waals surface area contributed by atoms with E-state index in [1.807, 2.05) is 4.68 Å². The minimum Gasteiger partial charge on any atom is -0.321 e. The number of likely N-dealkylation sites (N-methyl/N-ethyl adjacent to an activating group) is 1. The van der Waals surface area contributed by atoms with Crippen molar-refractivity contribution in [3.8, 4) is 0 Å². The van der Waals surface area contributed by atoms with Crippen molar-refractivity contribution in [2.24, 2.45) is 5.73 Å². The van der Waals surface area contributed by atoms with Gasteiger partial charge in [-0.25, -0.2) is 9.67 Å². The average molecular weight is 221 g/mol. The Kier molecular flexibility index (Phi) is 2.44. The Morgan fingerprint density at radius 1 is 1.31 bits per heavy atom. The second-order valence-corrected chi connectivity index (χ2v) is 5.05. The van der Waals surface area contributed by atoms with Gasteiger partial charge in [0.15, 0.2) is 5.82 Å². The van der Waals surface area contributed by atoms with Gasteiger partial charge in [-0.15, -0.1) is 0 Å². The summed E-state index contributed by atoms with van der Waals surface area (Å²) >= 11 is 0. The van der Waals surface area contributed by atoms with Crippen LogP contribution in [0.2, 0.25) is 0 Å². The number of aryl methyl sites for hydroxylation is 1. The summed E-state index contributed by atoms with van der Waals surface area (Å²) in [4.78, 5) is 6.99. The first-order valence-corrected chi connectivity index (χ1v) is 6.13. The van der Waals surface area contributed by atoms with Gasteiger partial charge in [0, 0.05) is 19.0 Å². The largest absolute Gasteiger partial charge is 0.321 e. The van der Waals surface area contributed by atoms with Crippen LogP contribution in [0.4, 0.5) is 0 Å². The minimum absolute atomic E-state index is 0.0918. The van der Waals surface area contributed by atoms with Crippen LogP contribution in [0.1, 0.15) is 42.9 Å². The van der Waals surface area contributed by atoms with E-state index in [2.05, 4.69) is 22.0 Å². The van der Waals surface area contributed by atoms with Crippen LogP contribution in [0, 0.1) is 0 Å². The third-order valence-corrected chi connectivity index (χ3v) is 3.69. The van der Waals surface area contributed by atoms with Crippen LogP contribution in [0.15, 0.2) is 0 Å². The van der Waals surface area contributed by atoms with Crippen molar-refractivity contribution < 1.29 is 0 Å². The zero-order valence-electron chi connectivity index (χ0n) is 9.76. The summed E-state index contributed by atoms with van der Waals surface area (Å²) in [5.74, 6) is 2.52. The highest BCUT2D eigenvalue weighted by Crippen LogP contribution is 2.27. The lowest BCUT2D eigenvalue weighted by Gasteiger charge is -2.17. The first-order chi connectivity index (χ1) is 7.74. The Balaban J connectivity index is 1.86. The van der Waals surface area contributed by atoms with Crippen LogP contribution < -0.4 is 5.73 Å². The topological polar surface area (TPSA) is 60.0 Å². The van der Waals surface area contributed by atoms with Crippen molar-refractivity contribution in [3.63, 3.8) is 0 Å². The Labute approximate surface area is 95.6 Å². The highest BCUT2D eigenvalue weighted by Gasteiger charge is 2.28. The lowest BCUT2D eigenvalue weighted by Crippen LogP contribution is -2.22. The number of likely N-dealkylation sites (tertiary alicyclic amines) is 1. The van der Waals surface area contributed by atoms with E-state index in [0.717, 1.165) is 44.1 Å². The van der Waals surface area contributed by atoms with E-state index in [1.54, 1.807) is 0 Å². The summed E-state index contributed by atoms with van der Waals surface area (Å²) in [5, 5.41) is 4.62. The molecule has 2 N–H and O–H groups in total. The number of fused-ring (bicyclic) bond motifs is 1. The number of hydrogen-bond acceptors (Lipinski definition) is 4. The maximum atomic E-state index is 6.05. The summed E-state index contributed by atoms with van der Waals surface area (Å²) in [6.45, 7) is 3.22. The fourth-order valence-corrected chi connectivity index (χ4v) is 2.72. The van der Waals surface area contributed by atoms with Gasteiger partial charge in [0.25, 0.3) is 0 Å². The molecule has 3 rings (SSSR count). The molecule has 1 aromatic rings. The number of nitrogens with zero attached hydrogens (tertiary/aromatic N) is 4. The fourth-order valence-electron chi connectivity index (χ4n) is 2.72. The van der Waals surface area contributed by atoms with Crippen LogP contribution in [-0.4, -0.2) is 39.8 Å². The molecular formula is C11H19N5. The van der Waals surface area contributed by atoms with E-state index in [-0.39, 0.29) is 6.04 Å². The van der Waals surface area contributed by atoms with Crippen LogP contribution >= 0.6 is 0 Å². The molecule has 5 nitrogen and oxygen atoms in total. The molecule has 0 bridgehead atoms. The molecule has 1 fully saturated rings. The lowest BCUT2D eigenvalue weighted by atomic mass is 10.1. The third kappa shape index (κ3) is 1.64. The van der Waals surface area contributed by atoms with Crippen molar-refractivity contribution in [2.45, 2.75) is 37.8 Å². The second-order valence-electron chi connectivity index (χ2n) is 5.05. The minimum atomic E-state index is 0.0918. The molecule has 0 spiro atoms. The smallest absolute Gasteiger partial charge is 0.155 e. The SMILES string of the molecule is CN1CCC(c2nc3n(n2)CCCC3N)C1. The summed E-state index contributed by atoms with van der Waals surface area (Å²) in [6, 6.07) is 0.0918. The lowest BCUT2D eigenvalue weighted by molar-refractivity contribution is 0.408. The van der Waals surface area contributed by atoms with Crippen LogP contribution in [0.25, 0.3) is 0 Å². The highest BCUT2D eigenvalue weighted by atomic mass is 15.4. The average Bonchev–Trinajstić information content (AvgIpc) is 2.84. The van der Waals surface area contributed by atoms with Crippen molar-refractivity contribution in [1.82, 2.24) is 19.7 Å². The van der Waals surface area contributed by atoms with E-state index in [0.29, 0.717) is 5.92 Å². The van der Waals surface area contributed by atoms with Gasteiger partial charge in [-0.1, -0.05) is 0 Å².